The number of thiocarbonyl (C=S) groups is 1. The van der Waals surface area contributed by atoms with Gasteiger partial charge < -0.3 is 10.2 Å². The molecule has 1 aliphatic rings. The van der Waals surface area contributed by atoms with Crippen LogP contribution in [0.1, 0.15) is 22.7 Å². The lowest BCUT2D eigenvalue weighted by atomic mass is 10.0. The van der Waals surface area contributed by atoms with Crippen molar-refractivity contribution in [1.29, 1.82) is 0 Å². The molecular weight excluding hydrogens is 552 g/mol. The number of hydrogen-bond donors (Lipinski definition) is 1. The first-order chi connectivity index (χ1) is 16.5. The minimum Gasteiger partial charge on any atom is -0.351 e. The number of nitro groups is 1. The van der Waals surface area contributed by atoms with Crippen LogP contribution in [0, 0.1) is 10.1 Å². The van der Waals surface area contributed by atoms with Crippen molar-refractivity contribution in [3.8, 4) is 0 Å². The summed E-state index contributed by atoms with van der Waals surface area (Å²) in [4.78, 5) is 20.4. The Bertz CT molecular complexity index is 1330. The molecule has 2 aromatic carbocycles. The highest BCUT2D eigenvalue weighted by Crippen LogP contribution is 2.44. The Hall–Kier alpha value is -2.79. The fourth-order valence-electron chi connectivity index (χ4n) is 3.86. The molecule has 0 bridgehead atoms. The van der Waals surface area contributed by atoms with E-state index in [9.17, 15) is 10.1 Å². The third-order valence-corrected chi connectivity index (χ3v) is 8.41. The minimum absolute atomic E-state index is 0.0353. The fourth-order valence-corrected chi connectivity index (χ4v) is 6.57. The summed E-state index contributed by atoms with van der Waals surface area (Å²) in [7, 11) is 0. The molecule has 170 valence electrons. The van der Waals surface area contributed by atoms with Crippen molar-refractivity contribution >= 4 is 67.7 Å². The summed E-state index contributed by atoms with van der Waals surface area (Å²) >= 11 is 12.6. The van der Waals surface area contributed by atoms with Crippen LogP contribution in [-0.2, 0) is 0 Å². The molecule has 6 nitrogen and oxygen atoms in total. The Morgan fingerprint density at radius 1 is 1.03 bits per heavy atom. The van der Waals surface area contributed by atoms with Crippen molar-refractivity contribution in [2.45, 2.75) is 21.9 Å². The number of halogens is 1. The van der Waals surface area contributed by atoms with Gasteiger partial charge in [0.2, 0.25) is 0 Å². The van der Waals surface area contributed by atoms with E-state index in [4.69, 9.17) is 12.2 Å². The normalized spacial score (nSPS) is 17.6. The smallest absolute Gasteiger partial charge is 0.269 e. The predicted molar refractivity (Wildman–Crippen MR) is 144 cm³/mol. The summed E-state index contributed by atoms with van der Waals surface area (Å²) in [6.45, 7) is 0. The van der Waals surface area contributed by atoms with Gasteiger partial charge in [0.15, 0.2) is 5.11 Å². The molecule has 0 radical (unpaired) electrons. The largest absolute Gasteiger partial charge is 0.351 e. The number of pyridine rings is 1. The molecule has 1 aliphatic heterocycles. The maximum atomic E-state index is 10.9. The number of hydrogen-bond acceptors (Lipinski definition) is 6. The standard InChI is InChI=1S/C24H17BrN4O2S3/c25-21-13-12-20(34-21)23-22(19-3-1-2-14-26-19)27-24(32)28(23)15-4-8-17(9-5-15)33-18-10-6-16(7-11-18)29(30)31/h1-14,22-23H,(H,27,32). The Balaban J connectivity index is 1.43. The number of anilines is 1. The molecule has 1 fully saturated rings. The van der Waals surface area contributed by atoms with Crippen LogP contribution in [0.25, 0.3) is 0 Å². The zero-order valence-corrected chi connectivity index (χ0v) is 21.5. The molecule has 2 aromatic heterocycles. The SMILES string of the molecule is O=[N+]([O-])c1ccc(Sc2ccc(N3C(=S)NC(c4ccccn4)C3c3ccc(Br)s3)cc2)cc1. The summed E-state index contributed by atoms with van der Waals surface area (Å²) in [6.07, 6.45) is 1.80. The van der Waals surface area contributed by atoms with Crippen LogP contribution >= 0.6 is 51.2 Å². The van der Waals surface area contributed by atoms with E-state index in [0.717, 1.165) is 25.0 Å². The molecule has 0 saturated carbocycles. The van der Waals surface area contributed by atoms with E-state index in [1.165, 1.54) is 17.0 Å². The average Bonchev–Trinajstić information content (AvgIpc) is 3.43. The zero-order valence-electron chi connectivity index (χ0n) is 17.5. The van der Waals surface area contributed by atoms with E-state index >= 15 is 0 Å². The Morgan fingerprint density at radius 2 is 1.74 bits per heavy atom. The quantitative estimate of drug-likeness (QED) is 0.150. The number of nitrogens with zero attached hydrogens (tertiary/aromatic N) is 3. The highest BCUT2D eigenvalue weighted by molar-refractivity contribution is 9.11. The maximum absolute atomic E-state index is 10.9. The first-order valence-electron chi connectivity index (χ1n) is 10.3. The van der Waals surface area contributed by atoms with Crippen LogP contribution in [0.2, 0.25) is 0 Å². The molecule has 1 saturated heterocycles. The third-order valence-electron chi connectivity index (χ3n) is 5.38. The molecule has 4 aromatic rings. The lowest BCUT2D eigenvalue weighted by molar-refractivity contribution is -0.384. The zero-order chi connectivity index (χ0) is 23.7. The highest BCUT2D eigenvalue weighted by atomic mass is 79.9. The lowest BCUT2D eigenvalue weighted by Gasteiger charge is -2.27. The van der Waals surface area contributed by atoms with Crippen LogP contribution in [0.5, 0.6) is 0 Å². The van der Waals surface area contributed by atoms with Gasteiger partial charge in [-0.2, -0.15) is 0 Å². The molecule has 3 heterocycles. The van der Waals surface area contributed by atoms with Gasteiger partial charge in [-0.15, -0.1) is 11.3 Å². The van der Waals surface area contributed by atoms with E-state index in [1.807, 2.05) is 30.3 Å². The fraction of sp³-hybridized carbons (Fsp3) is 0.0833. The van der Waals surface area contributed by atoms with Crippen molar-refractivity contribution in [2.75, 3.05) is 4.90 Å². The second kappa shape index (κ2) is 9.83. The van der Waals surface area contributed by atoms with Crippen LogP contribution in [0.3, 0.4) is 0 Å². The summed E-state index contributed by atoms with van der Waals surface area (Å²) in [5, 5.41) is 15.0. The first-order valence-corrected chi connectivity index (χ1v) is 13.1. The molecular formula is C24H17BrN4O2S3. The van der Waals surface area contributed by atoms with Crippen molar-refractivity contribution in [3.05, 3.63) is 110 Å². The second-order valence-corrected chi connectivity index (χ2v) is 11.5. The highest BCUT2D eigenvalue weighted by Gasteiger charge is 2.41. The number of non-ortho nitro benzene ring substituents is 1. The third kappa shape index (κ3) is 4.72. The molecule has 2 atom stereocenters. The summed E-state index contributed by atoms with van der Waals surface area (Å²) in [6, 6.07) is 24.7. The number of benzene rings is 2. The Kier molecular flexibility index (Phi) is 6.64. The second-order valence-electron chi connectivity index (χ2n) is 7.49. The van der Waals surface area contributed by atoms with Gasteiger partial charge in [0.1, 0.15) is 0 Å². The predicted octanol–water partition coefficient (Wildman–Crippen LogP) is 7.14. The van der Waals surface area contributed by atoms with E-state index < -0.39 is 4.92 Å². The number of rotatable bonds is 6. The molecule has 10 heteroatoms. The minimum atomic E-state index is -0.392. The summed E-state index contributed by atoms with van der Waals surface area (Å²) in [5.74, 6) is 0. The molecule has 0 spiro atoms. The van der Waals surface area contributed by atoms with Gasteiger partial charge in [0.05, 0.1) is 26.5 Å². The van der Waals surface area contributed by atoms with Crippen LogP contribution in [0.15, 0.2) is 98.6 Å². The molecule has 5 rings (SSSR count). The van der Waals surface area contributed by atoms with Crippen molar-refractivity contribution < 1.29 is 4.92 Å². The molecule has 2 unspecified atom stereocenters. The van der Waals surface area contributed by atoms with Gasteiger partial charge in [-0.05, 0) is 88.8 Å². The van der Waals surface area contributed by atoms with Gasteiger partial charge in [-0.1, -0.05) is 17.8 Å². The molecule has 0 amide bonds. The van der Waals surface area contributed by atoms with Gasteiger partial charge >= 0.3 is 0 Å². The van der Waals surface area contributed by atoms with E-state index in [-0.39, 0.29) is 17.8 Å². The molecule has 0 aliphatic carbocycles. The van der Waals surface area contributed by atoms with E-state index in [0.29, 0.717) is 5.11 Å². The summed E-state index contributed by atoms with van der Waals surface area (Å²) < 4.78 is 1.06. The van der Waals surface area contributed by atoms with E-state index in [2.05, 4.69) is 55.4 Å². The van der Waals surface area contributed by atoms with Crippen molar-refractivity contribution in [1.82, 2.24) is 10.3 Å². The number of nitro benzene ring substituents is 1. The van der Waals surface area contributed by atoms with E-state index in [1.54, 1.807) is 41.4 Å². The Morgan fingerprint density at radius 3 is 2.32 bits per heavy atom. The monoisotopic (exact) mass is 568 g/mol. The number of thiophene rings is 1. The van der Waals surface area contributed by atoms with Gasteiger partial charge in [-0.3, -0.25) is 15.1 Å². The lowest BCUT2D eigenvalue weighted by Crippen LogP contribution is -2.29. The van der Waals surface area contributed by atoms with Gasteiger partial charge in [0.25, 0.3) is 5.69 Å². The van der Waals surface area contributed by atoms with Crippen LogP contribution in [0.4, 0.5) is 11.4 Å². The van der Waals surface area contributed by atoms with Crippen molar-refractivity contribution in [3.63, 3.8) is 0 Å². The maximum Gasteiger partial charge on any atom is 0.269 e. The first kappa shape index (κ1) is 23.0. The topological polar surface area (TPSA) is 71.3 Å². The van der Waals surface area contributed by atoms with Crippen LogP contribution in [-0.4, -0.2) is 15.0 Å². The van der Waals surface area contributed by atoms with Crippen molar-refractivity contribution in [2.24, 2.45) is 0 Å². The number of aromatic nitrogens is 1. The molecule has 1 N–H and O–H groups in total. The van der Waals surface area contributed by atoms with Gasteiger partial charge in [-0.25, -0.2) is 0 Å². The van der Waals surface area contributed by atoms with Crippen LogP contribution < -0.4 is 10.2 Å². The Labute approximate surface area is 218 Å². The average molecular weight is 570 g/mol. The summed E-state index contributed by atoms with van der Waals surface area (Å²) in [5.41, 5.74) is 2.01. The number of nitrogens with one attached hydrogen (secondary N) is 1. The molecule has 34 heavy (non-hydrogen) atoms. The van der Waals surface area contributed by atoms with Gasteiger partial charge in [0, 0.05) is 38.7 Å².